The number of carbonyl (C=O) groups is 1. The van der Waals surface area contributed by atoms with Gasteiger partial charge in [-0.15, -0.1) is 0 Å². The van der Waals surface area contributed by atoms with Gasteiger partial charge in [0.25, 0.3) is 0 Å². The van der Waals surface area contributed by atoms with E-state index in [0.717, 1.165) is 24.8 Å². The average Bonchev–Trinajstić information content (AvgIpc) is 3.21. The maximum absolute atomic E-state index is 12.3. The minimum Gasteiger partial charge on any atom is -0.465 e. The Labute approximate surface area is 178 Å². The van der Waals surface area contributed by atoms with Crippen LogP contribution in [-0.2, 0) is 32.2 Å². The Balaban J connectivity index is 1.40. The van der Waals surface area contributed by atoms with Gasteiger partial charge in [0.05, 0.1) is 39.0 Å². The van der Waals surface area contributed by atoms with Crippen molar-refractivity contribution in [1.29, 1.82) is 0 Å². The molecule has 0 aromatic heterocycles. The molecule has 1 unspecified atom stereocenters. The van der Waals surface area contributed by atoms with E-state index in [4.69, 9.17) is 14.2 Å². The van der Waals surface area contributed by atoms with E-state index >= 15 is 0 Å². The number of benzene rings is 2. The van der Waals surface area contributed by atoms with Crippen LogP contribution in [0.4, 0.5) is 0 Å². The zero-order valence-electron chi connectivity index (χ0n) is 17.4. The summed E-state index contributed by atoms with van der Waals surface area (Å²) in [4.78, 5) is 12.3. The van der Waals surface area contributed by atoms with Crippen LogP contribution in [0.2, 0.25) is 0 Å². The molecule has 0 saturated carbocycles. The first-order chi connectivity index (χ1) is 14.8. The zero-order valence-corrected chi connectivity index (χ0v) is 17.4. The fraction of sp³-hybridized carbons (Fsp3) is 0.423. The van der Waals surface area contributed by atoms with Crippen molar-refractivity contribution in [3.8, 4) is 0 Å². The predicted molar refractivity (Wildman–Crippen MR) is 116 cm³/mol. The molecule has 0 radical (unpaired) electrons. The molecule has 4 rings (SSSR count). The van der Waals surface area contributed by atoms with Gasteiger partial charge in [0.2, 0.25) is 0 Å². The van der Waals surface area contributed by atoms with Gasteiger partial charge >= 0.3 is 5.97 Å². The highest BCUT2D eigenvalue weighted by Crippen LogP contribution is 2.40. The first-order valence-corrected chi connectivity index (χ1v) is 10.9. The molecule has 158 valence electrons. The van der Waals surface area contributed by atoms with Crippen LogP contribution in [0.15, 0.2) is 72.3 Å². The van der Waals surface area contributed by atoms with Crippen molar-refractivity contribution in [3.05, 3.63) is 83.4 Å². The fourth-order valence-electron chi connectivity index (χ4n) is 4.61. The molecule has 0 amide bonds. The van der Waals surface area contributed by atoms with Gasteiger partial charge in [-0.3, -0.25) is 4.79 Å². The molecule has 3 atom stereocenters. The number of ether oxygens (including phenoxy) is 3. The van der Waals surface area contributed by atoms with Gasteiger partial charge in [-0.05, 0) is 41.9 Å². The highest BCUT2D eigenvalue weighted by Gasteiger charge is 2.40. The fourth-order valence-corrected chi connectivity index (χ4v) is 4.61. The third-order valence-electron chi connectivity index (χ3n) is 6.18. The van der Waals surface area contributed by atoms with Crippen LogP contribution in [0.3, 0.4) is 0 Å². The normalized spacial score (nSPS) is 23.8. The van der Waals surface area contributed by atoms with Gasteiger partial charge in [-0.2, -0.15) is 0 Å². The minimum absolute atomic E-state index is 0.0202. The molecule has 0 spiro atoms. The molecular formula is C26H30O4. The lowest BCUT2D eigenvalue weighted by molar-refractivity contribution is -0.143. The third-order valence-corrected chi connectivity index (χ3v) is 6.18. The maximum atomic E-state index is 12.3. The second kappa shape index (κ2) is 10.6. The summed E-state index contributed by atoms with van der Waals surface area (Å²) in [7, 11) is 0. The largest absolute Gasteiger partial charge is 0.465 e. The van der Waals surface area contributed by atoms with Gasteiger partial charge in [0.15, 0.2) is 0 Å². The lowest BCUT2D eigenvalue weighted by atomic mass is 9.71. The van der Waals surface area contributed by atoms with Crippen molar-refractivity contribution in [2.24, 2.45) is 17.8 Å². The van der Waals surface area contributed by atoms with E-state index in [-0.39, 0.29) is 23.7 Å². The van der Waals surface area contributed by atoms with E-state index in [1.807, 2.05) is 36.4 Å². The van der Waals surface area contributed by atoms with Gasteiger partial charge < -0.3 is 14.2 Å². The lowest BCUT2D eigenvalue weighted by Crippen LogP contribution is -2.34. The topological polar surface area (TPSA) is 44.8 Å². The molecule has 1 aliphatic carbocycles. The van der Waals surface area contributed by atoms with Crippen LogP contribution in [0.1, 0.15) is 30.4 Å². The van der Waals surface area contributed by atoms with Crippen LogP contribution in [0.5, 0.6) is 0 Å². The Bertz CT molecular complexity index is 831. The van der Waals surface area contributed by atoms with Crippen molar-refractivity contribution in [2.45, 2.75) is 32.5 Å². The highest BCUT2D eigenvalue weighted by molar-refractivity contribution is 5.74. The summed E-state index contributed by atoms with van der Waals surface area (Å²) in [5.74, 6) is 0.387. The van der Waals surface area contributed by atoms with Crippen molar-refractivity contribution >= 4 is 5.97 Å². The highest BCUT2D eigenvalue weighted by atomic mass is 16.5. The number of esters is 1. The number of hydrogen-bond donors (Lipinski definition) is 0. The van der Waals surface area contributed by atoms with E-state index in [9.17, 15) is 4.79 Å². The maximum Gasteiger partial charge on any atom is 0.309 e. The smallest absolute Gasteiger partial charge is 0.309 e. The summed E-state index contributed by atoms with van der Waals surface area (Å²) in [6, 6.07) is 20.4. The Morgan fingerprint density at radius 1 is 0.833 bits per heavy atom. The first kappa shape index (κ1) is 20.8. The van der Waals surface area contributed by atoms with E-state index < -0.39 is 0 Å². The molecule has 2 aromatic rings. The molecule has 4 nitrogen and oxygen atoms in total. The molecule has 2 aliphatic rings. The second-order valence-corrected chi connectivity index (χ2v) is 8.17. The number of allylic oxidation sites excluding steroid dienone is 1. The second-order valence-electron chi connectivity index (χ2n) is 8.17. The lowest BCUT2D eigenvalue weighted by Gasteiger charge is -2.35. The molecule has 1 heterocycles. The standard InChI is InChI=1S/C26H30O4/c27-26-24(14-15-30-26)23-13-7-12-22(18-28-16-20-8-3-1-4-9-20)25(23)19-29-17-21-10-5-2-6-11-21/h1-6,8-12,23-25H,7,13-19H2/t23-,24?,25-/m1/s1. The Morgan fingerprint density at radius 2 is 1.50 bits per heavy atom. The van der Waals surface area contributed by atoms with Crippen LogP contribution in [-0.4, -0.2) is 25.8 Å². The molecule has 2 aromatic carbocycles. The number of hydrogen-bond acceptors (Lipinski definition) is 4. The number of rotatable bonds is 9. The quantitative estimate of drug-likeness (QED) is 0.437. The molecular weight excluding hydrogens is 376 g/mol. The van der Waals surface area contributed by atoms with E-state index in [0.29, 0.717) is 33.0 Å². The predicted octanol–water partition coefficient (Wildman–Crippen LogP) is 4.94. The molecule has 30 heavy (non-hydrogen) atoms. The summed E-state index contributed by atoms with van der Waals surface area (Å²) < 4.78 is 17.5. The third kappa shape index (κ3) is 5.38. The minimum atomic E-state index is -0.0421. The van der Waals surface area contributed by atoms with Gasteiger partial charge in [0, 0.05) is 5.92 Å². The monoisotopic (exact) mass is 406 g/mol. The Morgan fingerprint density at radius 3 is 2.13 bits per heavy atom. The van der Waals surface area contributed by atoms with Crippen LogP contribution in [0, 0.1) is 17.8 Å². The van der Waals surface area contributed by atoms with Crippen molar-refractivity contribution in [3.63, 3.8) is 0 Å². The van der Waals surface area contributed by atoms with Crippen molar-refractivity contribution < 1.29 is 19.0 Å². The van der Waals surface area contributed by atoms with Gasteiger partial charge in [0.1, 0.15) is 0 Å². The summed E-state index contributed by atoms with van der Waals surface area (Å²) >= 11 is 0. The Hall–Kier alpha value is -2.43. The molecule has 1 aliphatic heterocycles. The first-order valence-electron chi connectivity index (χ1n) is 10.9. The van der Waals surface area contributed by atoms with E-state index in [1.165, 1.54) is 11.1 Å². The zero-order chi connectivity index (χ0) is 20.6. The molecule has 0 bridgehead atoms. The molecule has 4 heteroatoms. The summed E-state index contributed by atoms with van der Waals surface area (Å²) in [5, 5.41) is 0. The van der Waals surface area contributed by atoms with Crippen LogP contribution >= 0.6 is 0 Å². The van der Waals surface area contributed by atoms with Crippen molar-refractivity contribution in [2.75, 3.05) is 19.8 Å². The average molecular weight is 407 g/mol. The molecule has 1 saturated heterocycles. The van der Waals surface area contributed by atoms with Crippen LogP contribution in [0.25, 0.3) is 0 Å². The number of cyclic esters (lactones) is 1. The van der Waals surface area contributed by atoms with Gasteiger partial charge in [-0.1, -0.05) is 66.7 Å². The SMILES string of the molecule is O=C1OCCC1[C@H]1CCC=C(COCc2ccccc2)[C@H]1COCc1ccccc1. The molecule has 1 fully saturated rings. The van der Waals surface area contributed by atoms with Crippen LogP contribution < -0.4 is 0 Å². The van der Waals surface area contributed by atoms with E-state index in [1.54, 1.807) is 0 Å². The summed E-state index contributed by atoms with van der Waals surface area (Å²) in [6.07, 6.45) is 5.09. The van der Waals surface area contributed by atoms with E-state index in [2.05, 4.69) is 30.3 Å². The van der Waals surface area contributed by atoms with Crippen molar-refractivity contribution in [1.82, 2.24) is 0 Å². The van der Waals surface area contributed by atoms with Gasteiger partial charge in [-0.25, -0.2) is 0 Å². The summed E-state index contributed by atoms with van der Waals surface area (Å²) in [5.41, 5.74) is 3.59. The molecule has 0 N–H and O–H groups in total. The Kier molecular flexibility index (Phi) is 7.33. The number of carbonyl (C=O) groups excluding carboxylic acids is 1. The summed E-state index contributed by atoms with van der Waals surface area (Å²) in [6.45, 7) is 2.89.